The van der Waals surface area contributed by atoms with Gasteiger partial charge in [-0.1, -0.05) is 54.6 Å². The van der Waals surface area contributed by atoms with Crippen LogP contribution in [0.1, 0.15) is 0 Å². The Balaban J connectivity index is 1.66. The van der Waals surface area contributed by atoms with Crippen LogP contribution in [0.5, 0.6) is 0 Å². The van der Waals surface area contributed by atoms with Crippen LogP contribution in [-0.4, -0.2) is 18.9 Å². The Morgan fingerprint density at radius 1 is 0.594 bits per heavy atom. The molecule has 150 valence electrons. The van der Waals surface area contributed by atoms with Crippen LogP contribution in [0.3, 0.4) is 0 Å². The molecule has 3 aromatic carbocycles. The second-order valence-corrected chi connectivity index (χ2v) is 7.99. The molecule has 0 unspecified atom stereocenters. The molecule has 0 N–H and O–H groups in total. The zero-order chi connectivity index (χ0) is 21.1. The summed E-state index contributed by atoms with van der Waals surface area (Å²) in [7, 11) is 0. The molecule has 32 heavy (non-hydrogen) atoms. The number of nitrogens with zero attached hydrogens (tertiary/aromatic N) is 4. The van der Waals surface area contributed by atoms with Crippen molar-refractivity contribution in [1.82, 2.24) is 18.9 Å². The molecule has 4 heteroatoms. The Labute approximate surface area is 184 Å². The summed E-state index contributed by atoms with van der Waals surface area (Å²) >= 11 is 0. The van der Waals surface area contributed by atoms with Gasteiger partial charge < -0.3 is 0 Å². The van der Waals surface area contributed by atoms with E-state index >= 15 is 0 Å². The number of pyridine rings is 2. The minimum Gasteiger partial charge on any atom is -0.285 e. The minimum atomic E-state index is 0.883. The highest BCUT2D eigenvalue weighted by molar-refractivity contribution is 6.21. The van der Waals surface area contributed by atoms with E-state index in [1.54, 1.807) is 0 Å². The van der Waals surface area contributed by atoms with Crippen LogP contribution in [-0.2, 0) is 0 Å². The third-order valence-corrected chi connectivity index (χ3v) is 6.25. The van der Waals surface area contributed by atoms with Gasteiger partial charge in [-0.25, -0.2) is 4.98 Å². The van der Waals surface area contributed by atoms with Crippen LogP contribution in [0.15, 0.2) is 110 Å². The molecule has 0 bridgehead atoms. The molecule has 7 aromatic rings. The first-order valence-corrected chi connectivity index (χ1v) is 10.7. The van der Waals surface area contributed by atoms with Gasteiger partial charge in [-0.05, 0) is 47.2 Å². The molecule has 0 aliphatic heterocycles. The molecule has 4 aromatic heterocycles. The van der Waals surface area contributed by atoms with Crippen molar-refractivity contribution >= 4 is 38.1 Å². The van der Waals surface area contributed by atoms with Crippen LogP contribution in [0, 0.1) is 0 Å². The lowest BCUT2D eigenvalue weighted by Crippen LogP contribution is -2.00. The van der Waals surface area contributed by atoms with E-state index in [0.29, 0.717) is 0 Å². The summed E-state index contributed by atoms with van der Waals surface area (Å²) in [5.74, 6) is 0.883. The predicted octanol–water partition coefficient (Wildman–Crippen LogP) is 6.65. The SMILES string of the molecule is c1ccc2c(c1)ccc1c2c2ccccc2n1-c1nc(-c2ccncc2)c2ccccn12. The molecule has 0 fully saturated rings. The normalized spacial score (nSPS) is 11.8. The van der Waals surface area contributed by atoms with E-state index in [-0.39, 0.29) is 0 Å². The molecular formula is C28H18N4. The third-order valence-electron chi connectivity index (χ3n) is 6.25. The summed E-state index contributed by atoms with van der Waals surface area (Å²) in [5, 5.41) is 5.00. The molecule has 0 radical (unpaired) electrons. The van der Waals surface area contributed by atoms with Gasteiger partial charge in [0.1, 0.15) is 0 Å². The van der Waals surface area contributed by atoms with Crippen molar-refractivity contribution in [2.45, 2.75) is 0 Å². The molecule has 4 nitrogen and oxygen atoms in total. The molecule has 0 aliphatic carbocycles. The van der Waals surface area contributed by atoms with E-state index < -0.39 is 0 Å². The summed E-state index contributed by atoms with van der Waals surface area (Å²) < 4.78 is 4.46. The summed E-state index contributed by atoms with van der Waals surface area (Å²) in [4.78, 5) is 9.36. The molecule has 0 amide bonds. The highest BCUT2D eigenvalue weighted by Gasteiger charge is 2.19. The second kappa shape index (κ2) is 6.53. The Morgan fingerprint density at radius 3 is 2.25 bits per heavy atom. The number of aromatic nitrogens is 4. The van der Waals surface area contributed by atoms with E-state index in [1.807, 2.05) is 24.5 Å². The van der Waals surface area contributed by atoms with Crippen molar-refractivity contribution in [1.29, 1.82) is 0 Å². The van der Waals surface area contributed by atoms with Crippen LogP contribution >= 0.6 is 0 Å². The van der Waals surface area contributed by atoms with Crippen LogP contribution < -0.4 is 0 Å². The van der Waals surface area contributed by atoms with Crippen molar-refractivity contribution in [3.05, 3.63) is 110 Å². The smallest absolute Gasteiger partial charge is 0.220 e. The van der Waals surface area contributed by atoms with Gasteiger partial charge in [-0.3, -0.25) is 14.0 Å². The van der Waals surface area contributed by atoms with Gasteiger partial charge in [0.25, 0.3) is 0 Å². The maximum absolute atomic E-state index is 5.18. The molecular weight excluding hydrogens is 392 g/mol. The highest BCUT2D eigenvalue weighted by Crippen LogP contribution is 2.37. The van der Waals surface area contributed by atoms with Crippen molar-refractivity contribution in [3.8, 4) is 17.2 Å². The topological polar surface area (TPSA) is 35.1 Å². The van der Waals surface area contributed by atoms with Crippen molar-refractivity contribution < 1.29 is 0 Å². The van der Waals surface area contributed by atoms with Crippen molar-refractivity contribution in [3.63, 3.8) is 0 Å². The van der Waals surface area contributed by atoms with Gasteiger partial charge in [0.05, 0.1) is 22.2 Å². The van der Waals surface area contributed by atoms with Gasteiger partial charge in [-0.15, -0.1) is 0 Å². The van der Waals surface area contributed by atoms with Gasteiger partial charge in [0.15, 0.2) is 0 Å². The molecule has 7 rings (SSSR count). The summed E-state index contributed by atoms with van der Waals surface area (Å²) in [5.41, 5.74) is 5.38. The van der Waals surface area contributed by atoms with Gasteiger partial charge in [0.2, 0.25) is 5.95 Å². The average molecular weight is 410 g/mol. The Bertz CT molecular complexity index is 1770. The fourth-order valence-corrected chi connectivity index (χ4v) is 4.86. The number of hydrogen-bond acceptors (Lipinski definition) is 2. The minimum absolute atomic E-state index is 0.883. The van der Waals surface area contributed by atoms with Crippen LogP contribution in [0.4, 0.5) is 0 Å². The Kier molecular flexibility index (Phi) is 3.52. The van der Waals surface area contributed by atoms with Gasteiger partial charge in [0, 0.05) is 34.9 Å². The summed E-state index contributed by atoms with van der Waals surface area (Å²) in [6.45, 7) is 0. The number of rotatable bonds is 2. The lowest BCUT2D eigenvalue weighted by atomic mass is 10.0. The van der Waals surface area contributed by atoms with E-state index in [1.165, 1.54) is 21.5 Å². The first kappa shape index (κ1) is 17.3. The number of benzene rings is 3. The first-order valence-electron chi connectivity index (χ1n) is 10.7. The van der Waals surface area contributed by atoms with Crippen LogP contribution in [0.2, 0.25) is 0 Å². The van der Waals surface area contributed by atoms with Crippen molar-refractivity contribution in [2.75, 3.05) is 0 Å². The summed E-state index contributed by atoms with van der Waals surface area (Å²) in [6, 6.07) is 31.9. The Morgan fingerprint density at radius 2 is 1.34 bits per heavy atom. The largest absolute Gasteiger partial charge is 0.285 e. The van der Waals surface area contributed by atoms with E-state index in [0.717, 1.165) is 33.8 Å². The third kappa shape index (κ3) is 2.32. The lowest BCUT2D eigenvalue weighted by Gasteiger charge is -2.07. The molecule has 0 atom stereocenters. The number of fused-ring (bicyclic) bond motifs is 6. The monoisotopic (exact) mass is 410 g/mol. The first-order chi connectivity index (χ1) is 15.9. The zero-order valence-corrected chi connectivity index (χ0v) is 17.2. The fourth-order valence-electron chi connectivity index (χ4n) is 4.86. The zero-order valence-electron chi connectivity index (χ0n) is 17.2. The molecule has 0 aliphatic rings. The molecule has 4 heterocycles. The average Bonchev–Trinajstić information content (AvgIpc) is 3.40. The van der Waals surface area contributed by atoms with Crippen LogP contribution in [0.25, 0.3) is 55.3 Å². The standard InChI is InChI=1S/C28H18N4/c1-2-8-21-19(7-1)12-13-24-26(21)22-9-3-4-10-23(22)32(24)28-30-27(20-14-16-29-17-15-20)25-11-5-6-18-31(25)28/h1-18H. The number of para-hydroxylation sites is 1. The quantitative estimate of drug-likeness (QED) is 0.320. The van der Waals surface area contributed by atoms with E-state index in [2.05, 4.69) is 99.0 Å². The second-order valence-electron chi connectivity index (χ2n) is 7.99. The van der Waals surface area contributed by atoms with Gasteiger partial charge >= 0.3 is 0 Å². The fraction of sp³-hybridized carbons (Fsp3) is 0. The number of hydrogen-bond donors (Lipinski definition) is 0. The predicted molar refractivity (Wildman–Crippen MR) is 130 cm³/mol. The number of imidazole rings is 1. The molecule has 0 saturated heterocycles. The molecule has 0 spiro atoms. The molecule has 0 saturated carbocycles. The van der Waals surface area contributed by atoms with E-state index in [4.69, 9.17) is 4.98 Å². The summed E-state index contributed by atoms with van der Waals surface area (Å²) in [6.07, 6.45) is 5.72. The maximum Gasteiger partial charge on any atom is 0.220 e. The maximum atomic E-state index is 5.18. The lowest BCUT2D eigenvalue weighted by molar-refractivity contribution is 0.984. The van der Waals surface area contributed by atoms with E-state index in [9.17, 15) is 0 Å². The van der Waals surface area contributed by atoms with Crippen molar-refractivity contribution in [2.24, 2.45) is 0 Å². The Hall–Kier alpha value is -4.44. The highest BCUT2D eigenvalue weighted by atomic mass is 15.2. The van der Waals surface area contributed by atoms with Gasteiger partial charge in [-0.2, -0.15) is 0 Å².